The molecule has 0 amide bonds. The van der Waals surface area contributed by atoms with Gasteiger partial charge in [-0.15, -0.1) is 0 Å². The molecule has 32 heavy (non-hydrogen) atoms. The van der Waals surface area contributed by atoms with E-state index in [1.807, 2.05) is 0 Å². The van der Waals surface area contributed by atoms with Gasteiger partial charge in [0.15, 0.2) is 0 Å². The molecule has 0 saturated heterocycles. The van der Waals surface area contributed by atoms with Crippen LogP contribution in [0.2, 0.25) is 0 Å². The fraction of sp³-hybridized carbons (Fsp3) is 1.00. The third kappa shape index (κ3) is 10.8. The van der Waals surface area contributed by atoms with Crippen molar-refractivity contribution in [3.63, 3.8) is 0 Å². The Morgan fingerprint density at radius 3 is 0.719 bits per heavy atom. The molecule has 0 aromatic carbocycles. The van der Waals surface area contributed by atoms with Gasteiger partial charge in [-0.3, -0.25) is 22.6 Å². The van der Waals surface area contributed by atoms with E-state index in [-0.39, 0.29) is 0 Å². The molecule has 0 spiro atoms. The summed E-state index contributed by atoms with van der Waals surface area (Å²) in [6.07, 6.45) is -17.4. The highest BCUT2D eigenvalue weighted by atomic mass is 31.2. The number of phosphoric acid groups is 5. The van der Waals surface area contributed by atoms with Crippen molar-refractivity contribution >= 4 is 39.1 Å². The summed E-state index contributed by atoms with van der Waals surface area (Å²) >= 11 is 0. The SMILES string of the molecule is O=P(O)(O)OC1C(O)C(OP(=O)(O)O)C(OP(=O)(O)O)C(OP(=O)(O)O)C1OP(=O)(O)O. The maximum absolute atomic E-state index is 11.3. The number of aliphatic hydroxyl groups excluding tert-OH is 1. The molecule has 0 radical (unpaired) electrons. The molecule has 4 atom stereocenters. The number of phosphoric ester groups is 5. The Balaban J connectivity index is 3.77. The summed E-state index contributed by atoms with van der Waals surface area (Å²) < 4.78 is 76.6. The van der Waals surface area contributed by atoms with Crippen molar-refractivity contribution in [3.05, 3.63) is 0 Å². The smallest absolute Gasteiger partial charge is 0.387 e. The quantitative estimate of drug-likeness (QED) is 0.113. The van der Waals surface area contributed by atoms with Crippen LogP contribution in [0.3, 0.4) is 0 Å². The summed E-state index contributed by atoms with van der Waals surface area (Å²) in [6.45, 7) is 0. The van der Waals surface area contributed by atoms with Gasteiger partial charge >= 0.3 is 39.1 Å². The van der Waals surface area contributed by atoms with Gasteiger partial charge in [0.25, 0.3) is 0 Å². The van der Waals surface area contributed by atoms with Crippen molar-refractivity contribution in [3.8, 4) is 0 Å². The number of rotatable bonds is 10. The first-order chi connectivity index (χ1) is 13.9. The predicted molar refractivity (Wildman–Crippen MR) is 90.6 cm³/mol. The van der Waals surface area contributed by atoms with Crippen LogP contribution >= 0.6 is 39.1 Å². The molecule has 0 bridgehead atoms. The van der Waals surface area contributed by atoms with Crippen molar-refractivity contribution < 1.29 is 99.5 Å². The van der Waals surface area contributed by atoms with Crippen LogP contribution in [-0.2, 0) is 45.4 Å². The van der Waals surface area contributed by atoms with Crippen LogP contribution in [0.1, 0.15) is 0 Å². The summed E-state index contributed by atoms with van der Waals surface area (Å²) in [5.74, 6) is 0. The molecule has 192 valence electrons. The monoisotopic (exact) mass is 580 g/mol. The summed E-state index contributed by atoms with van der Waals surface area (Å²) in [5.41, 5.74) is 0. The molecule has 1 rings (SSSR count). The molecule has 21 nitrogen and oxygen atoms in total. The van der Waals surface area contributed by atoms with Gasteiger partial charge in [0.1, 0.15) is 36.6 Å². The van der Waals surface area contributed by atoms with E-state index in [1.165, 1.54) is 0 Å². The fourth-order valence-corrected chi connectivity index (χ4v) is 5.33. The van der Waals surface area contributed by atoms with E-state index in [0.29, 0.717) is 0 Å². The highest BCUT2D eigenvalue weighted by Gasteiger charge is 2.60. The molecule has 1 aliphatic rings. The second-order valence-electron chi connectivity index (χ2n) is 5.79. The van der Waals surface area contributed by atoms with E-state index in [2.05, 4.69) is 22.6 Å². The second kappa shape index (κ2) is 10.2. The minimum atomic E-state index is -5.86. The molecule has 0 aromatic heterocycles. The molecular formula is C6H17O21P5. The zero-order chi connectivity index (χ0) is 25.5. The maximum Gasteiger partial charge on any atom is 0.470 e. The number of aliphatic hydroxyl groups is 1. The third-order valence-electron chi connectivity index (χ3n) is 3.26. The first-order valence-corrected chi connectivity index (χ1v) is 14.9. The molecule has 26 heteroatoms. The van der Waals surface area contributed by atoms with Gasteiger partial charge in [0, 0.05) is 0 Å². The zero-order valence-electron chi connectivity index (χ0n) is 14.7. The highest BCUT2D eigenvalue weighted by molar-refractivity contribution is 7.47. The Kier molecular flexibility index (Phi) is 9.78. The summed E-state index contributed by atoms with van der Waals surface area (Å²) in [6, 6.07) is 0. The van der Waals surface area contributed by atoms with Crippen LogP contribution in [0.5, 0.6) is 0 Å². The Labute approximate surface area is 176 Å². The van der Waals surface area contributed by atoms with Crippen LogP contribution < -0.4 is 0 Å². The first-order valence-electron chi connectivity index (χ1n) is 7.26. The minimum Gasteiger partial charge on any atom is -0.387 e. The topological polar surface area (TPSA) is 354 Å². The van der Waals surface area contributed by atoms with Gasteiger partial charge in [-0.1, -0.05) is 0 Å². The number of hydrogen-bond acceptors (Lipinski definition) is 11. The average molecular weight is 580 g/mol. The molecule has 11 N–H and O–H groups in total. The minimum absolute atomic E-state index is 2.85. The normalized spacial score (nSPS) is 31.0. The zero-order valence-corrected chi connectivity index (χ0v) is 19.2. The van der Waals surface area contributed by atoms with E-state index in [1.54, 1.807) is 0 Å². The van der Waals surface area contributed by atoms with E-state index in [9.17, 15) is 27.9 Å². The summed E-state index contributed by atoms with van der Waals surface area (Å²) in [4.78, 5) is 90.1. The lowest BCUT2D eigenvalue weighted by molar-refractivity contribution is -0.205. The number of hydrogen-bond donors (Lipinski definition) is 11. The lowest BCUT2D eigenvalue weighted by Crippen LogP contribution is -2.66. The molecule has 1 aliphatic carbocycles. The van der Waals surface area contributed by atoms with E-state index >= 15 is 0 Å². The standard InChI is InChI=1S/C6H17O21P5/c7-1-2(23-28(8,9)10)4(25-30(14,15)16)6(27-32(20,21)22)5(26-31(17,18)19)3(1)24-29(11,12)13/h1-7H,(H2,8,9,10)(H2,11,12,13)(H2,14,15,16)(H2,17,18,19)(H2,20,21,22). The lowest BCUT2D eigenvalue weighted by Gasteiger charge is -2.47. The van der Waals surface area contributed by atoms with Crippen molar-refractivity contribution in [1.29, 1.82) is 0 Å². The summed E-state index contributed by atoms with van der Waals surface area (Å²) in [7, 11) is -29.1. The molecule has 0 aliphatic heterocycles. The Bertz CT molecular complexity index is 824. The van der Waals surface area contributed by atoms with Crippen molar-refractivity contribution in [2.45, 2.75) is 36.6 Å². The van der Waals surface area contributed by atoms with Gasteiger partial charge in [0.05, 0.1) is 0 Å². The van der Waals surface area contributed by atoms with Crippen LogP contribution in [0.4, 0.5) is 0 Å². The molecule has 4 unspecified atom stereocenters. The Morgan fingerprint density at radius 2 is 0.531 bits per heavy atom. The second-order valence-corrected chi connectivity index (χ2v) is 11.8. The van der Waals surface area contributed by atoms with Crippen molar-refractivity contribution in [1.82, 2.24) is 0 Å². The van der Waals surface area contributed by atoms with Gasteiger partial charge in [-0.2, -0.15) is 0 Å². The van der Waals surface area contributed by atoms with Gasteiger partial charge < -0.3 is 54.0 Å². The van der Waals surface area contributed by atoms with Crippen LogP contribution in [-0.4, -0.2) is 90.7 Å². The highest BCUT2D eigenvalue weighted by Crippen LogP contribution is 2.54. The van der Waals surface area contributed by atoms with Crippen molar-refractivity contribution in [2.75, 3.05) is 0 Å². The molecule has 0 aromatic rings. The molecule has 0 heterocycles. The molecular weight excluding hydrogens is 563 g/mol. The van der Waals surface area contributed by atoms with Crippen molar-refractivity contribution in [2.24, 2.45) is 0 Å². The summed E-state index contributed by atoms with van der Waals surface area (Å²) in [5, 5.41) is 10.3. The fourth-order valence-electron chi connectivity index (χ4n) is 2.53. The predicted octanol–water partition coefficient (Wildman–Crippen LogP) is -3.25. The molecule has 1 fully saturated rings. The average Bonchev–Trinajstić information content (AvgIpc) is 2.45. The Hall–Kier alpha value is 0.510. The largest absolute Gasteiger partial charge is 0.470 e. The maximum atomic E-state index is 11.3. The first kappa shape index (κ1) is 30.5. The Morgan fingerprint density at radius 1 is 0.375 bits per heavy atom. The van der Waals surface area contributed by atoms with Crippen LogP contribution in [0.15, 0.2) is 0 Å². The van der Waals surface area contributed by atoms with Gasteiger partial charge in [-0.25, -0.2) is 22.8 Å². The van der Waals surface area contributed by atoms with E-state index in [0.717, 1.165) is 0 Å². The van der Waals surface area contributed by atoms with Crippen LogP contribution in [0.25, 0.3) is 0 Å². The third-order valence-corrected chi connectivity index (χ3v) is 5.85. The van der Waals surface area contributed by atoms with E-state index in [4.69, 9.17) is 48.9 Å². The van der Waals surface area contributed by atoms with Gasteiger partial charge in [0.2, 0.25) is 0 Å². The van der Waals surface area contributed by atoms with Crippen LogP contribution in [0, 0.1) is 0 Å². The van der Waals surface area contributed by atoms with Gasteiger partial charge in [-0.05, 0) is 0 Å². The molecule has 1 saturated carbocycles. The van der Waals surface area contributed by atoms with E-state index < -0.39 is 75.7 Å². The lowest BCUT2D eigenvalue weighted by atomic mass is 9.85.